The minimum Gasteiger partial charge on any atom is -0.484 e. The number of nitrogens with one attached hydrogen (secondary N) is 1. The molecule has 30 heavy (non-hydrogen) atoms. The van der Waals surface area contributed by atoms with Gasteiger partial charge in [0.05, 0.1) is 5.57 Å². The van der Waals surface area contributed by atoms with Gasteiger partial charge in [0.1, 0.15) is 5.75 Å². The van der Waals surface area contributed by atoms with Crippen molar-refractivity contribution in [3.8, 4) is 5.75 Å². The Balaban J connectivity index is 1.45. The first kappa shape index (κ1) is 19.3. The number of ether oxygens (including phenoxy) is 1. The summed E-state index contributed by atoms with van der Waals surface area (Å²) in [6.07, 6.45) is 1.56. The van der Waals surface area contributed by atoms with Crippen LogP contribution >= 0.6 is 0 Å². The molecule has 1 N–H and O–H groups in total. The number of carbonyl (C=O) groups excluding carboxylic acids is 3. The summed E-state index contributed by atoms with van der Waals surface area (Å²) >= 11 is 0. The molecule has 3 aromatic carbocycles. The van der Waals surface area contributed by atoms with E-state index in [0.29, 0.717) is 28.1 Å². The van der Waals surface area contributed by atoms with E-state index in [0.717, 1.165) is 5.56 Å². The number of amides is 1. The molecule has 1 aliphatic rings. The average molecular weight is 397 g/mol. The van der Waals surface area contributed by atoms with E-state index >= 15 is 0 Å². The lowest BCUT2D eigenvalue weighted by atomic mass is 10.1. The van der Waals surface area contributed by atoms with E-state index in [1.807, 2.05) is 31.2 Å². The van der Waals surface area contributed by atoms with Gasteiger partial charge in [-0.05, 0) is 48.4 Å². The molecule has 148 valence electrons. The highest BCUT2D eigenvalue weighted by Crippen LogP contribution is 2.28. The van der Waals surface area contributed by atoms with Crippen LogP contribution in [0.25, 0.3) is 6.08 Å². The predicted molar refractivity (Wildman–Crippen MR) is 115 cm³/mol. The zero-order valence-corrected chi connectivity index (χ0v) is 16.3. The van der Waals surface area contributed by atoms with Gasteiger partial charge in [0.25, 0.3) is 5.91 Å². The van der Waals surface area contributed by atoms with Gasteiger partial charge in [-0.2, -0.15) is 0 Å². The number of hydrogen-bond donors (Lipinski definition) is 1. The molecular weight excluding hydrogens is 378 g/mol. The summed E-state index contributed by atoms with van der Waals surface area (Å²) in [6.45, 7) is 1.79. The minimum absolute atomic E-state index is 0.130. The van der Waals surface area contributed by atoms with Crippen molar-refractivity contribution in [3.05, 3.63) is 101 Å². The molecule has 4 rings (SSSR count). The highest BCUT2D eigenvalue weighted by atomic mass is 16.5. The maximum Gasteiger partial charge on any atom is 0.262 e. The van der Waals surface area contributed by atoms with Crippen molar-refractivity contribution in [1.29, 1.82) is 0 Å². The summed E-state index contributed by atoms with van der Waals surface area (Å²) in [5, 5.41) is 2.78. The largest absolute Gasteiger partial charge is 0.484 e. The van der Waals surface area contributed by atoms with Crippen LogP contribution < -0.4 is 10.1 Å². The number of fused-ring (bicyclic) bond motifs is 1. The van der Waals surface area contributed by atoms with E-state index in [9.17, 15) is 14.4 Å². The van der Waals surface area contributed by atoms with Crippen LogP contribution in [0.3, 0.4) is 0 Å². The third-order valence-corrected chi connectivity index (χ3v) is 4.75. The molecule has 0 saturated carbocycles. The van der Waals surface area contributed by atoms with Gasteiger partial charge >= 0.3 is 0 Å². The normalized spacial score (nSPS) is 12.5. The lowest BCUT2D eigenvalue weighted by Gasteiger charge is -2.08. The van der Waals surface area contributed by atoms with Gasteiger partial charge in [-0.3, -0.25) is 14.4 Å². The van der Waals surface area contributed by atoms with E-state index in [-0.39, 0.29) is 29.7 Å². The Hall–Kier alpha value is -3.99. The summed E-state index contributed by atoms with van der Waals surface area (Å²) in [7, 11) is 0. The lowest BCUT2D eigenvalue weighted by Crippen LogP contribution is -2.20. The van der Waals surface area contributed by atoms with Crippen LogP contribution in [0, 0.1) is 6.92 Å². The van der Waals surface area contributed by atoms with Gasteiger partial charge < -0.3 is 10.1 Å². The molecule has 0 atom stereocenters. The standard InChI is InChI=1S/C25H19NO4/c1-16-6-4-8-18(12-16)26-23(27)15-30-19-9-5-7-17(13-19)14-22-24(28)20-10-2-3-11-21(20)25(22)29/h2-14H,15H2,1H3,(H,26,27). The number of rotatable bonds is 5. The van der Waals surface area contributed by atoms with Crippen molar-refractivity contribution >= 4 is 29.2 Å². The Morgan fingerprint density at radius 1 is 0.900 bits per heavy atom. The molecule has 0 bridgehead atoms. The summed E-state index contributed by atoms with van der Waals surface area (Å²) in [6, 6.07) is 21.2. The number of benzene rings is 3. The molecule has 0 unspecified atom stereocenters. The van der Waals surface area contributed by atoms with E-state index in [1.54, 1.807) is 54.6 Å². The van der Waals surface area contributed by atoms with Gasteiger partial charge in [0.2, 0.25) is 0 Å². The van der Waals surface area contributed by atoms with Crippen LogP contribution in [-0.2, 0) is 4.79 Å². The second-order valence-corrected chi connectivity index (χ2v) is 7.04. The Labute approximate surface area is 174 Å². The number of ketones is 2. The SMILES string of the molecule is Cc1cccc(NC(=O)COc2cccc(C=C3C(=O)c4ccccc4C3=O)c2)c1. The van der Waals surface area contributed by atoms with E-state index in [1.165, 1.54) is 0 Å². The molecule has 0 radical (unpaired) electrons. The first-order valence-electron chi connectivity index (χ1n) is 9.51. The highest BCUT2D eigenvalue weighted by Gasteiger charge is 2.32. The molecule has 0 saturated heterocycles. The van der Waals surface area contributed by atoms with Crippen LogP contribution in [-0.4, -0.2) is 24.1 Å². The van der Waals surface area contributed by atoms with E-state index in [4.69, 9.17) is 4.74 Å². The predicted octanol–water partition coefficient (Wildman–Crippen LogP) is 4.48. The fourth-order valence-corrected chi connectivity index (χ4v) is 3.33. The summed E-state index contributed by atoms with van der Waals surface area (Å²) in [5.41, 5.74) is 3.39. The van der Waals surface area contributed by atoms with E-state index < -0.39 is 0 Å². The van der Waals surface area contributed by atoms with Gasteiger partial charge in [-0.1, -0.05) is 48.5 Å². The van der Waals surface area contributed by atoms with Gasteiger partial charge in [-0.25, -0.2) is 0 Å². The number of Topliss-reactive ketones (excluding diaryl/α,β-unsaturated/α-hetero) is 2. The zero-order chi connectivity index (χ0) is 21.1. The maximum absolute atomic E-state index is 12.5. The van der Waals surface area contributed by atoms with Gasteiger partial charge in [0, 0.05) is 16.8 Å². The average Bonchev–Trinajstić information content (AvgIpc) is 2.98. The number of anilines is 1. The monoisotopic (exact) mass is 397 g/mol. The molecule has 0 aromatic heterocycles. The number of allylic oxidation sites excluding steroid dienone is 1. The first-order valence-corrected chi connectivity index (χ1v) is 9.51. The minimum atomic E-state index is -0.278. The van der Waals surface area contributed by atoms with Crippen molar-refractivity contribution in [2.75, 3.05) is 11.9 Å². The summed E-state index contributed by atoms with van der Waals surface area (Å²) in [5.74, 6) is -0.362. The summed E-state index contributed by atoms with van der Waals surface area (Å²) < 4.78 is 5.58. The van der Waals surface area contributed by atoms with Gasteiger partial charge in [0.15, 0.2) is 18.2 Å². The van der Waals surface area contributed by atoms with Crippen molar-refractivity contribution < 1.29 is 19.1 Å². The fourth-order valence-electron chi connectivity index (χ4n) is 3.33. The molecule has 0 spiro atoms. The quantitative estimate of drug-likeness (QED) is 0.509. The zero-order valence-electron chi connectivity index (χ0n) is 16.3. The topological polar surface area (TPSA) is 72.5 Å². The fraction of sp³-hybridized carbons (Fsp3) is 0.0800. The third-order valence-electron chi connectivity index (χ3n) is 4.75. The molecule has 5 nitrogen and oxygen atoms in total. The van der Waals surface area contributed by atoms with Gasteiger partial charge in [-0.15, -0.1) is 0 Å². The molecule has 1 amide bonds. The Kier molecular flexibility index (Phi) is 5.26. The van der Waals surface area contributed by atoms with Crippen LogP contribution in [0.4, 0.5) is 5.69 Å². The lowest BCUT2D eigenvalue weighted by molar-refractivity contribution is -0.118. The second kappa shape index (κ2) is 8.17. The van der Waals surface area contributed by atoms with Crippen molar-refractivity contribution in [3.63, 3.8) is 0 Å². The molecule has 0 aliphatic heterocycles. The van der Waals surface area contributed by atoms with Crippen LogP contribution in [0.5, 0.6) is 5.75 Å². The van der Waals surface area contributed by atoms with Crippen molar-refractivity contribution in [2.24, 2.45) is 0 Å². The molecule has 0 heterocycles. The number of carbonyl (C=O) groups is 3. The maximum atomic E-state index is 12.5. The molecule has 1 aliphatic carbocycles. The van der Waals surface area contributed by atoms with Crippen molar-refractivity contribution in [1.82, 2.24) is 0 Å². The highest BCUT2D eigenvalue weighted by molar-refractivity contribution is 6.41. The van der Waals surface area contributed by atoms with Crippen LogP contribution in [0.15, 0.2) is 78.4 Å². The second-order valence-electron chi connectivity index (χ2n) is 7.04. The van der Waals surface area contributed by atoms with Crippen LogP contribution in [0.1, 0.15) is 31.8 Å². The third kappa shape index (κ3) is 4.05. The number of aryl methyl sites for hydroxylation is 1. The van der Waals surface area contributed by atoms with Crippen molar-refractivity contribution in [2.45, 2.75) is 6.92 Å². The summed E-state index contributed by atoms with van der Waals surface area (Å²) in [4.78, 5) is 37.2. The molecular formula is C25H19NO4. The molecule has 3 aromatic rings. The smallest absolute Gasteiger partial charge is 0.262 e. The molecule has 5 heteroatoms. The van der Waals surface area contributed by atoms with E-state index in [2.05, 4.69) is 5.32 Å². The Bertz CT molecular complexity index is 1160. The number of hydrogen-bond acceptors (Lipinski definition) is 4. The Morgan fingerprint density at radius 2 is 1.60 bits per heavy atom. The van der Waals surface area contributed by atoms with Crippen LogP contribution in [0.2, 0.25) is 0 Å². The first-order chi connectivity index (χ1) is 14.5. The Morgan fingerprint density at radius 3 is 2.30 bits per heavy atom. The molecule has 0 fully saturated rings.